The van der Waals surface area contributed by atoms with E-state index in [2.05, 4.69) is 12.0 Å². The average molecular weight is 533 g/mol. The second-order valence-corrected chi connectivity index (χ2v) is 8.79. The van der Waals surface area contributed by atoms with Crippen LogP contribution in [0.5, 0.6) is 5.75 Å². The number of carbonyl (C=O) groups is 2. The van der Waals surface area contributed by atoms with E-state index in [1.54, 1.807) is 13.2 Å². The summed E-state index contributed by atoms with van der Waals surface area (Å²) in [6.07, 6.45) is -0.736. The Morgan fingerprint density at radius 1 is 0.949 bits per heavy atom. The van der Waals surface area contributed by atoms with E-state index in [9.17, 15) is 9.59 Å². The molecular weight excluding hydrogens is 500 g/mol. The molecule has 2 unspecified atom stereocenters. The average Bonchev–Trinajstić information content (AvgIpc) is 2.99. The molecule has 1 fully saturated rings. The summed E-state index contributed by atoms with van der Waals surface area (Å²) >= 11 is 0. The first-order chi connectivity index (χ1) is 19.1. The fraction of sp³-hybridized carbons (Fsp3) is 0.267. The molecule has 1 heterocycles. The summed E-state index contributed by atoms with van der Waals surface area (Å²) < 4.78 is 28.3. The monoisotopic (exact) mass is 532 g/mol. The van der Waals surface area contributed by atoms with Crippen molar-refractivity contribution in [2.45, 2.75) is 38.1 Å². The van der Waals surface area contributed by atoms with Crippen LogP contribution in [0.25, 0.3) is 0 Å². The molecule has 4 rings (SSSR count). The van der Waals surface area contributed by atoms with Gasteiger partial charge in [-0.15, -0.1) is 6.58 Å². The fourth-order valence-corrected chi connectivity index (χ4v) is 4.04. The van der Waals surface area contributed by atoms with Gasteiger partial charge in [-0.05, 0) is 29.7 Å². The fourth-order valence-electron chi connectivity index (χ4n) is 4.04. The minimum atomic E-state index is -0.815. The van der Waals surface area contributed by atoms with Gasteiger partial charge < -0.3 is 23.7 Å². The lowest BCUT2D eigenvalue weighted by Gasteiger charge is -2.41. The maximum absolute atomic E-state index is 13.3. The molecule has 2 amide bonds. The van der Waals surface area contributed by atoms with Gasteiger partial charge in [-0.25, -0.2) is 20.0 Å². The number of methoxy groups -OCH3 is 1. The number of carbonyl (C=O) groups excluding carboxylic acids is 2. The van der Waals surface area contributed by atoms with Gasteiger partial charge in [0.2, 0.25) is 0 Å². The summed E-state index contributed by atoms with van der Waals surface area (Å²) in [5.41, 5.74) is 4.94. The first kappa shape index (κ1) is 27.7. The number of amides is 2. The minimum absolute atomic E-state index is 0.0198. The molecule has 1 N–H and O–H groups in total. The molecule has 0 aliphatic carbocycles. The minimum Gasteiger partial charge on any atom is -0.497 e. The molecule has 39 heavy (non-hydrogen) atoms. The van der Waals surface area contributed by atoms with Gasteiger partial charge in [-0.2, -0.15) is 0 Å². The summed E-state index contributed by atoms with van der Waals surface area (Å²) in [5.74, 6) is 0.709. The molecule has 0 saturated carbocycles. The lowest BCUT2D eigenvalue weighted by atomic mass is 10.1. The van der Waals surface area contributed by atoms with Crippen LogP contribution in [0.2, 0.25) is 0 Å². The second-order valence-electron chi connectivity index (χ2n) is 8.79. The molecule has 3 aromatic carbocycles. The third-order valence-electron chi connectivity index (χ3n) is 6.09. The number of nitrogens with zero attached hydrogens (tertiary/aromatic N) is 1. The van der Waals surface area contributed by atoms with E-state index in [0.717, 1.165) is 21.7 Å². The third-order valence-corrected chi connectivity index (χ3v) is 6.09. The van der Waals surface area contributed by atoms with Crippen molar-refractivity contribution in [3.63, 3.8) is 0 Å². The van der Waals surface area contributed by atoms with E-state index < -0.39 is 30.6 Å². The number of benzene rings is 3. The number of ether oxygens (including phenoxy) is 5. The predicted molar refractivity (Wildman–Crippen MR) is 143 cm³/mol. The van der Waals surface area contributed by atoms with Crippen LogP contribution in [-0.4, -0.2) is 43.1 Å². The van der Waals surface area contributed by atoms with Gasteiger partial charge in [0.25, 0.3) is 0 Å². The molecule has 0 aromatic heterocycles. The number of nitrogens with one attached hydrogen (secondary N) is 1. The van der Waals surface area contributed by atoms with Crippen molar-refractivity contribution in [2.75, 3.05) is 13.7 Å². The van der Waals surface area contributed by atoms with Crippen molar-refractivity contribution in [2.24, 2.45) is 0 Å². The molecule has 1 aliphatic rings. The Kier molecular flexibility index (Phi) is 9.93. The van der Waals surface area contributed by atoms with E-state index in [4.69, 9.17) is 23.7 Å². The summed E-state index contributed by atoms with van der Waals surface area (Å²) in [7, 11) is 1.59. The molecule has 9 nitrogen and oxygen atoms in total. The lowest BCUT2D eigenvalue weighted by Crippen LogP contribution is -2.60. The second kappa shape index (κ2) is 14.0. The number of hydrogen-bond donors (Lipinski definition) is 1. The van der Waals surface area contributed by atoms with Crippen LogP contribution in [0.1, 0.15) is 29.4 Å². The van der Waals surface area contributed by atoms with Crippen molar-refractivity contribution in [1.82, 2.24) is 10.4 Å². The summed E-state index contributed by atoms with van der Waals surface area (Å²) in [6, 6.07) is 25.1. The van der Waals surface area contributed by atoms with Crippen molar-refractivity contribution in [3.8, 4) is 5.75 Å². The molecule has 0 spiro atoms. The zero-order chi connectivity index (χ0) is 27.5. The quantitative estimate of drug-likeness (QED) is 0.286. The molecule has 204 valence electrons. The van der Waals surface area contributed by atoms with E-state index in [1.807, 2.05) is 84.9 Å². The van der Waals surface area contributed by atoms with Crippen LogP contribution < -0.4 is 10.2 Å². The largest absolute Gasteiger partial charge is 0.497 e. The van der Waals surface area contributed by atoms with Crippen LogP contribution in [-0.2, 0) is 32.2 Å². The Balaban J connectivity index is 1.48. The Morgan fingerprint density at radius 3 is 2.15 bits per heavy atom. The highest BCUT2D eigenvalue weighted by Crippen LogP contribution is 2.31. The topological polar surface area (TPSA) is 95.6 Å². The van der Waals surface area contributed by atoms with Gasteiger partial charge in [-0.1, -0.05) is 78.9 Å². The number of hydrogen-bond acceptors (Lipinski definition) is 7. The standard InChI is InChI=1S/C30H32N2O7/c1-3-10-27-26(21-36-28(39-27)24-15-17-25(35-2)18-16-24)32(30(34)38-20-23-13-8-5-9-14-23)31-29(33)37-19-22-11-6-4-7-12-22/h3-9,11-18,26-28H,1,10,19-21H2,2H3,(H,31,33)/t26?,27-,28?/m0/s1. The highest BCUT2D eigenvalue weighted by atomic mass is 16.7. The lowest BCUT2D eigenvalue weighted by molar-refractivity contribution is -0.243. The molecule has 0 bridgehead atoms. The number of hydrazine groups is 1. The van der Waals surface area contributed by atoms with Crippen molar-refractivity contribution in [1.29, 1.82) is 0 Å². The van der Waals surface area contributed by atoms with Gasteiger partial charge in [0.1, 0.15) is 25.0 Å². The molecule has 1 aliphatic heterocycles. The van der Waals surface area contributed by atoms with Gasteiger partial charge in [-0.3, -0.25) is 0 Å². The zero-order valence-electron chi connectivity index (χ0n) is 21.7. The SMILES string of the molecule is C=CC[C@@H]1OC(c2ccc(OC)cc2)OCC1N(NC(=O)OCc1ccccc1)C(=O)OCc1ccccc1. The molecule has 9 heteroatoms. The Labute approximate surface area is 227 Å². The Hall–Kier alpha value is -4.34. The molecule has 3 atom stereocenters. The van der Waals surface area contributed by atoms with Crippen molar-refractivity contribution >= 4 is 12.2 Å². The van der Waals surface area contributed by atoms with E-state index in [1.165, 1.54) is 0 Å². The molecular formula is C30H32N2O7. The van der Waals surface area contributed by atoms with Crippen LogP contribution >= 0.6 is 0 Å². The van der Waals surface area contributed by atoms with Gasteiger partial charge in [0.05, 0.1) is 19.8 Å². The van der Waals surface area contributed by atoms with Crippen molar-refractivity contribution < 1.29 is 33.3 Å². The maximum atomic E-state index is 13.3. The number of rotatable bonds is 9. The van der Waals surface area contributed by atoms with Gasteiger partial charge >= 0.3 is 12.2 Å². The molecule has 1 saturated heterocycles. The summed E-state index contributed by atoms with van der Waals surface area (Å²) in [5, 5.41) is 1.08. The normalized spacial score (nSPS) is 18.4. The summed E-state index contributed by atoms with van der Waals surface area (Å²) in [4.78, 5) is 26.0. The van der Waals surface area contributed by atoms with Gasteiger partial charge in [0.15, 0.2) is 6.29 Å². The van der Waals surface area contributed by atoms with Crippen LogP contribution in [0.4, 0.5) is 9.59 Å². The first-order valence-electron chi connectivity index (χ1n) is 12.6. The highest BCUT2D eigenvalue weighted by Gasteiger charge is 2.40. The van der Waals surface area contributed by atoms with Gasteiger partial charge in [0, 0.05) is 5.56 Å². The maximum Gasteiger partial charge on any atom is 0.429 e. The van der Waals surface area contributed by atoms with Crippen molar-refractivity contribution in [3.05, 3.63) is 114 Å². The van der Waals surface area contributed by atoms with E-state index in [-0.39, 0.29) is 19.8 Å². The van der Waals surface area contributed by atoms with Crippen LogP contribution in [0, 0.1) is 0 Å². The van der Waals surface area contributed by atoms with E-state index in [0.29, 0.717) is 12.2 Å². The van der Waals surface area contributed by atoms with E-state index >= 15 is 0 Å². The smallest absolute Gasteiger partial charge is 0.429 e. The summed E-state index contributed by atoms with van der Waals surface area (Å²) in [6.45, 7) is 3.95. The molecule has 0 radical (unpaired) electrons. The zero-order valence-corrected chi connectivity index (χ0v) is 21.7. The van der Waals surface area contributed by atoms with Crippen LogP contribution in [0.3, 0.4) is 0 Å². The Morgan fingerprint density at radius 2 is 1.56 bits per heavy atom. The third kappa shape index (κ3) is 7.83. The first-order valence-corrected chi connectivity index (χ1v) is 12.6. The van der Waals surface area contributed by atoms with Crippen LogP contribution in [0.15, 0.2) is 97.6 Å². The predicted octanol–water partition coefficient (Wildman–Crippen LogP) is 5.53. The Bertz CT molecular complexity index is 1210. The highest BCUT2D eigenvalue weighted by molar-refractivity contribution is 5.74. The molecule has 3 aromatic rings.